The van der Waals surface area contributed by atoms with Crippen molar-refractivity contribution in [1.82, 2.24) is 14.7 Å². The number of fused-ring (bicyclic) bond motifs is 1. The van der Waals surface area contributed by atoms with Crippen LogP contribution in [0.3, 0.4) is 0 Å². The number of thiophene rings is 1. The average molecular weight is 331 g/mol. The second kappa shape index (κ2) is 6.75. The predicted molar refractivity (Wildman–Crippen MR) is 92.6 cm³/mol. The Kier molecular flexibility index (Phi) is 4.51. The summed E-state index contributed by atoms with van der Waals surface area (Å²) < 4.78 is 7.95. The van der Waals surface area contributed by atoms with Crippen molar-refractivity contribution in [3.63, 3.8) is 0 Å². The number of nitrogens with zero attached hydrogens (tertiary/aromatic N) is 3. The summed E-state index contributed by atoms with van der Waals surface area (Å²) in [5.41, 5.74) is 2.68. The Labute approximate surface area is 142 Å². The molecule has 2 aromatic rings. The van der Waals surface area contributed by atoms with Crippen molar-refractivity contribution in [2.75, 3.05) is 19.8 Å². The molecule has 1 saturated carbocycles. The average Bonchev–Trinajstić information content (AvgIpc) is 3.04. The van der Waals surface area contributed by atoms with E-state index in [1.807, 2.05) is 11.3 Å². The van der Waals surface area contributed by atoms with E-state index in [1.54, 1.807) is 0 Å². The topological polar surface area (TPSA) is 30.3 Å². The summed E-state index contributed by atoms with van der Waals surface area (Å²) in [4.78, 5) is 3.95. The summed E-state index contributed by atoms with van der Waals surface area (Å²) in [6, 6.07) is 4.36. The summed E-state index contributed by atoms with van der Waals surface area (Å²) in [5, 5.41) is 7.05. The lowest BCUT2D eigenvalue weighted by molar-refractivity contribution is 0.105. The fourth-order valence-electron chi connectivity index (χ4n) is 3.43. The first-order chi connectivity index (χ1) is 11.3. The molecule has 0 aromatic carbocycles. The summed E-state index contributed by atoms with van der Waals surface area (Å²) in [6.07, 6.45) is 5.04. The normalized spacial score (nSPS) is 21.5. The minimum absolute atomic E-state index is 0.451. The molecule has 1 atom stereocenters. The number of rotatable bonds is 7. The molecule has 0 unspecified atom stereocenters. The summed E-state index contributed by atoms with van der Waals surface area (Å²) >= 11 is 1.84. The highest BCUT2D eigenvalue weighted by molar-refractivity contribution is 7.09. The maximum Gasteiger partial charge on any atom is 0.0801 e. The molecule has 0 N–H and O–H groups in total. The van der Waals surface area contributed by atoms with Crippen LogP contribution in [0.25, 0.3) is 0 Å². The van der Waals surface area contributed by atoms with Gasteiger partial charge >= 0.3 is 0 Å². The molecule has 0 amide bonds. The Morgan fingerprint density at radius 2 is 2.30 bits per heavy atom. The van der Waals surface area contributed by atoms with E-state index in [-0.39, 0.29) is 0 Å². The van der Waals surface area contributed by atoms with Crippen molar-refractivity contribution in [1.29, 1.82) is 0 Å². The first-order valence-electron chi connectivity index (χ1n) is 8.70. The van der Waals surface area contributed by atoms with E-state index in [0.717, 1.165) is 45.3 Å². The van der Waals surface area contributed by atoms with Crippen molar-refractivity contribution in [3.05, 3.63) is 39.8 Å². The molecule has 3 heterocycles. The molecule has 0 spiro atoms. The van der Waals surface area contributed by atoms with Crippen LogP contribution in [-0.4, -0.2) is 34.4 Å². The van der Waals surface area contributed by atoms with Gasteiger partial charge in [-0.25, -0.2) is 0 Å². The van der Waals surface area contributed by atoms with Crippen molar-refractivity contribution in [2.45, 2.75) is 45.3 Å². The van der Waals surface area contributed by atoms with E-state index in [2.05, 4.69) is 40.2 Å². The third kappa shape index (κ3) is 3.67. The number of aromatic nitrogens is 2. The Morgan fingerprint density at radius 1 is 1.39 bits per heavy atom. The summed E-state index contributed by atoms with van der Waals surface area (Å²) in [7, 11) is 0. The van der Waals surface area contributed by atoms with Gasteiger partial charge in [0, 0.05) is 55.3 Å². The molecule has 124 valence electrons. The zero-order chi connectivity index (χ0) is 15.6. The van der Waals surface area contributed by atoms with Gasteiger partial charge in [0.25, 0.3) is 0 Å². The van der Waals surface area contributed by atoms with Crippen LogP contribution in [0.2, 0.25) is 0 Å². The standard InChI is InChI=1S/C18H25N3OS/c1-2-22-13-15-9-20(10-16-4-3-7-23-16)12-18-17(15)11-21(19-18)8-14-5-6-14/h3-4,7,11,14-15H,2,5-6,8-10,12-13H2,1H3/t15-/m1/s1. The summed E-state index contributed by atoms with van der Waals surface area (Å²) in [5.74, 6) is 1.32. The lowest BCUT2D eigenvalue weighted by Gasteiger charge is -2.31. The van der Waals surface area contributed by atoms with E-state index in [4.69, 9.17) is 9.84 Å². The molecule has 4 nitrogen and oxygen atoms in total. The van der Waals surface area contributed by atoms with Gasteiger partial charge in [0.15, 0.2) is 0 Å². The van der Waals surface area contributed by atoms with E-state index < -0.39 is 0 Å². The van der Waals surface area contributed by atoms with Gasteiger partial charge in [-0.3, -0.25) is 9.58 Å². The molecule has 0 bridgehead atoms. The van der Waals surface area contributed by atoms with Gasteiger partial charge < -0.3 is 4.74 Å². The molecule has 5 heteroatoms. The Balaban J connectivity index is 1.51. The molecule has 1 aliphatic carbocycles. The fraction of sp³-hybridized carbons (Fsp3) is 0.611. The molecular formula is C18H25N3OS. The van der Waals surface area contributed by atoms with E-state index in [1.165, 1.54) is 29.0 Å². The maximum atomic E-state index is 5.75. The van der Waals surface area contributed by atoms with Crippen molar-refractivity contribution < 1.29 is 4.74 Å². The van der Waals surface area contributed by atoms with Crippen molar-refractivity contribution in [3.8, 4) is 0 Å². The first-order valence-corrected chi connectivity index (χ1v) is 9.58. The maximum absolute atomic E-state index is 5.75. The molecule has 4 rings (SSSR count). The van der Waals surface area contributed by atoms with Crippen LogP contribution < -0.4 is 0 Å². The fourth-order valence-corrected chi connectivity index (χ4v) is 4.18. The summed E-state index contributed by atoms with van der Waals surface area (Å²) in [6.45, 7) is 7.82. The molecule has 1 fully saturated rings. The second-order valence-electron chi connectivity index (χ2n) is 6.80. The van der Waals surface area contributed by atoms with Gasteiger partial charge in [-0.2, -0.15) is 5.10 Å². The highest BCUT2D eigenvalue weighted by Crippen LogP contribution is 2.33. The lowest BCUT2D eigenvalue weighted by atomic mass is 9.95. The number of ether oxygens (including phenoxy) is 1. The van der Waals surface area contributed by atoms with E-state index in [9.17, 15) is 0 Å². The third-order valence-electron chi connectivity index (χ3n) is 4.79. The minimum atomic E-state index is 0.451. The Morgan fingerprint density at radius 3 is 3.04 bits per heavy atom. The van der Waals surface area contributed by atoms with Gasteiger partial charge in [-0.15, -0.1) is 11.3 Å². The molecule has 2 aromatic heterocycles. The molecule has 0 saturated heterocycles. The zero-order valence-electron chi connectivity index (χ0n) is 13.8. The molecular weight excluding hydrogens is 306 g/mol. The quantitative estimate of drug-likeness (QED) is 0.778. The predicted octanol–water partition coefficient (Wildman–Crippen LogP) is 3.49. The van der Waals surface area contributed by atoms with Gasteiger partial charge in [-0.05, 0) is 37.1 Å². The van der Waals surface area contributed by atoms with Gasteiger partial charge in [0.1, 0.15) is 0 Å². The number of hydrogen-bond acceptors (Lipinski definition) is 4. The minimum Gasteiger partial charge on any atom is -0.381 e. The van der Waals surface area contributed by atoms with Crippen molar-refractivity contribution >= 4 is 11.3 Å². The van der Waals surface area contributed by atoms with Gasteiger partial charge in [-0.1, -0.05) is 6.07 Å². The smallest absolute Gasteiger partial charge is 0.0801 e. The molecule has 23 heavy (non-hydrogen) atoms. The van der Waals surface area contributed by atoms with Crippen LogP contribution >= 0.6 is 11.3 Å². The van der Waals surface area contributed by atoms with Gasteiger partial charge in [0.05, 0.1) is 12.3 Å². The van der Waals surface area contributed by atoms with Gasteiger partial charge in [0.2, 0.25) is 0 Å². The van der Waals surface area contributed by atoms with Crippen LogP contribution in [0.5, 0.6) is 0 Å². The third-order valence-corrected chi connectivity index (χ3v) is 5.65. The monoisotopic (exact) mass is 331 g/mol. The van der Waals surface area contributed by atoms with Crippen LogP contribution in [0.15, 0.2) is 23.7 Å². The van der Waals surface area contributed by atoms with Crippen LogP contribution in [0, 0.1) is 5.92 Å². The lowest BCUT2D eigenvalue weighted by Crippen LogP contribution is -2.34. The largest absolute Gasteiger partial charge is 0.381 e. The molecule has 1 aliphatic heterocycles. The van der Waals surface area contributed by atoms with E-state index >= 15 is 0 Å². The Bertz CT molecular complexity index is 633. The first kappa shape index (κ1) is 15.4. The highest BCUT2D eigenvalue weighted by atomic mass is 32.1. The Hall–Kier alpha value is -1.17. The van der Waals surface area contributed by atoms with Crippen LogP contribution in [-0.2, 0) is 24.4 Å². The number of hydrogen-bond donors (Lipinski definition) is 0. The van der Waals surface area contributed by atoms with Crippen molar-refractivity contribution in [2.24, 2.45) is 5.92 Å². The van der Waals surface area contributed by atoms with Crippen LogP contribution in [0.1, 0.15) is 41.8 Å². The second-order valence-corrected chi connectivity index (χ2v) is 7.83. The molecule has 0 radical (unpaired) electrons. The van der Waals surface area contributed by atoms with Crippen LogP contribution in [0.4, 0.5) is 0 Å². The van der Waals surface area contributed by atoms with E-state index in [0.29, 0.717) is 5.92 Å². The highest BCUT2D eigenvalue weighted by Gasteiger charge is 2.30. The molecule has 2 aliphatic rings. The SMILES string of the molecule is CCOC[C@H]1CN(Cc2cccs2)Cc2nn(CC3CC3)cc21. The zero-order valence-corrected chi connectivity index (χ0v) is 14.6.